The molecule has 108 valence electrons. The fourth-order valence-corrected chi connectivity index (χ4v) is 3.20. The zero-order valence-electron chi connectivity index (χ0n) is 12.4. The molecule has 5 heteroatoms. The first-order chi connectivity index (χ1) is 9.50. The number of amides is 1. The molecule has 1 atom stereocenters. The Morgan fingerprint density at radius 3 is 2.55 bits per heavy atom. The predicted octanol–water partition coefficient (Wildman–Crippen LogP) is 1.15. The third kappa shape index (κ3) is 2.10. The third-order valence-corrected chi connectivity index (χ3v) is 4.50. The molecule has 0 radical (unpaired) electrons. The van der Waals surface area contributed by atoms with E-state index in [0.29, 0.717) is 0 Å². The van der Waals surface area contributed by atoms with Gasteiger partial charge in [0.2, 0.25) is 5.91 Å². The number of aryl methyl sites for hydroxylation is 2. The minimum absolute atomic E-state index is 0.137. The van der Waals surface area contributed by atoms with Crippen LogP contribution in [0.2, 0.25) is 0 Å². The van der Waals surface area contributed by atoms with Crippen LogP contribution >= 0.6 is 0 Å². The maximum absolute atomic E-state index is 12.6. The molecule has 2 aliphatic heterocycles. The van der Waals surface area contributed by atoms with Crippen LogP contribution in [0.15, 0.2) is 6.07 Å². The first-order valence-electron chi connectivity index (χ1n) is 7.36. The predicted molar refractivity (Wildman–Crippen MR) is 76.2 cm³/mol. The molecule has 3 rings (SSSR count). The van der Waals surface area contributed by atoms with Crippen LogP contribution in [0.4, 0.5) is 0 Å². The van der Waals surface area contributed by atoms with Gasteiger partial charge < -0.3 is 10.2 Å². The number of aromatic nitrogens is 2. The van der Waals surface area contributed by atoms with Crippen LogP contribution < -0.4 is 5.32 Å². The largest absolute Gasteiger partial charge is 0.330 e. The molecule has 0 aliphatic carbocycles. The van der Waals surface area contributed by atoms with Gasteiger partial charge in [0.1, 0.15) is 0 Å². The van der Waals surface area contributed by atoms with Crippen molar-refractivity contribution in [2.45, 2.75) is 39.2 Å². The molecule has 20 heavy (non-hydrogen) atoms. The molecule has 3 heterocycles. The van der Waals surface area contributed by atoms with Gasteiger partial charge in [-0.25, -0.2) is 9.97 Å². The van der Waals surface area contributed by atoms with Crippen molar-refractivity contribution < 1.29 is 4.79 Å². The molecule has 0 spiro atoms. The van der Waals surface area contributed by atoms with E-state index in [1.165, 1.54) is 0 Å². The Balaban J connectivity index is 1.93. The van der Waals surface area contributed by atoms with Crippen molar-refractivity contribution in [2.75, 3.05) is 19.6 Å². The van der Waals surface area contributed by atoms with Crippen molar-refractivity contribution in [2.24, 2.45) is 5.92 Å². The first kappa shape index (κ1) is 13.5. The molecular formula is C15H22N4O. The summed E-state index contributed by atoms with van der Waals surface area (Å²) in [6, 6.07) is 1.98. The van der Waals surface area contributed by atoms with E-state index in [-0.39, 0.29) is 17.4 Å². The molecule has 1 aromatic rings. The Hall–Kier alpha value is -1.49. The smallest absolute Gasteiger partial charge is 0.229 e. The molecule has 2 fully saturated rings. The number of hydrogen-bond donors (Lipinski definition) is 1. The molecule has 2 saturated heterocycles. The summed E-state index contributed by atoms with van der Waals surface area (Å²) in [6.07, 6.45) is 1.97. The lowest BCUT2D eigenvalue weighted by Crippen LogP contribution is -2.55. The number of nitrogens with zero attached hydrogens (tertiary/aromatic N) is 3. The highest BCUT2D eigenvalue weighted by Crippen LogP contribution is 2.38. The molecule has 5 nitrogen and oxygen atoms in total. The third-order valence-electron chi connectivity index (χ3n) is 4.50. The number of rotatable bonds is 2. The summed E-state index contributed by atoms with van der Waals surface area (Å²) in [4.78, 5) is 23.8. The Bertz CT molecular complexity index is 520. The molecular weight excluding hydrogens is 252 g/mol. The van der Waals surface area contributed by atoms with Gasteiger partial charge in [-0.2, -0.15) is 0 Å². The molecule has 1 amide bonds. The summed E-state index contributed by atoms with van der Waals surface area (Å²) in [5.74, 6) is 1.19. The zero-order chi connectivity index (χ0) is 14.3. The fraction of sp³-hybridized carbons (Fsp3) is 0.667. The lowest BCUT2D eigenvalue weighted by Gasteiger charge is -2.38. The van der Waals surface area contributed by atoms with E-state index in [4.69, 9.17) is 0 Å². The monoisotopic (exact) mass is 274 g/mol. The lowest BCUT2D eigenvalue weighted by molar-refractivity contribution is -0.141. The van der Waals surface area contributed by atoms with E-state index in [9.17, 15) is 4.79 Å². The van der Waals surface area contributed by atoms with Gasteiger partial charge >= 0.3 is 0 Å². The quantitative estimate of drug-likeness (QED) is 0.879. The summed E-state index contributed by atoms with van der Waals surface area (Å²) in [5, 5.41) is 3.17. The molecule has 0 aromatic carbocycles. The summed E-state index contributed by atoms with van der Waals surface area (Å²) in [7, 11) is 0. The first-order valence-corrected chi connectivity index (χ1v) is 7.36. The van der Waals surface area contributed by atoms with Crippen molar-refractivity contribution in [3.05, 3.63) is 23.3 Å². The summed E-state index contributed by atoms with van der Waals surface area (Å²) in [5.41, 5.74) is 1.60. The van der Waals surface area contributed by atoms with Crippen molar-refractivity contribution in [1.82, 2.24) is 20.2 Å². The van der Waals surface area contributed by atoms with Crippen LogP contribution in [0.25, 0.3) is 0 Å². The second kappa shape index (κ2) is 4.81. The fourth-order valence-electron chi connectivity index (χ4n) is 3.20. The van der Waals surface area contributed by atoms with E-state index in [1.807, 2.05) is 24.8 Å². The molecule has 1 N–H and O–H groups in total. The number of likely N-dealkylation sites (tertiary alicyclic amines) is 1. The molecule has 0 saturated carbocycles. The van der Waals surface area contributed by atoms with E-state index >= 15 is 0 Å². The maximum Gasteiger partial charge on any atom is 0.229 e. The standard InChI is InChI=1S/C15H22N4O/c1-10-7-11(2)18-14(17-10)15(3)5-4-6-19(15)13(20)12-8-16-9-12/h7,12,16H,4-6,8-9H2,1-3H3/t15-/m1/s1. The van der Waals surface area contributed by atoms with Crippen molar-refractivity contribution >= 4 is 5.91 Å². The van der Waals surface area contributed by atoms with Crippen molar-refractivity contribution in [1.29, 1.82) is 0 Å². The van der Waals surface area contributed by atoms with Gasteiger partial charge in [0.25, 0.3) is 0 Å². The Morgan fingerprint density at radius 1 is 1.35 bits per heavy atom. The number of hydrogen-bond acceptors (Lipinski definition) is 4. The van der Waals surface area contributed by atoms with Gasteiger partial charge in [-0.15, -0.1) is 0 Å². The second-order valence-corrected chi connectivity index (χ2v) is 6.20. The van der Waals surface area contributed by atoms with Gasteiger partial charge in [-0.3, -0.25) is 4.79 Å². The lowest BCUT2D eigenvalue weighted by atomic mass is 9.94. The van der Waals surface area contributed by atoms with Gasteiger partial charge in [-0.1, -0.05) is 0 Å². The van der Waals surface area contributed by atoms with Crippen LogP contribution in [-0.4, -0.2) is 40.4 Å². The number of carbonyl (C=O) groups is 1. The molecule has 0 unspecified atom stereocenters. The zero-order valence-corrected chi connectivity index (χ0v) is 12.4. The highest BCUT2D eigenvalue weighted by molar-refractivity contribution is 5.81. The SMILES string of the molecule is Cc1cc(C)nc([C@@]2(C)CCCN2C(=O)C2CNC2)n1. The Labute approximate surface area is 119 Å². The molecule has 1 aromatic heterocycles. The van der Waals surface area contributed by atoms with Crippen LogP contribution in [0, 0.1) is 19.8 Å². The highest BCUT2D eigenvalue weighted by Gasteiger charge is 2.46. The molecule has 0 bridgehead atoms. The normalized spacial score (nSPS) is 26.6. The van der Waals surface area contributed by atoms with Gasteiger partial charge in [0.15, 0.2) is 5.82 Å². The summed E-state index contributed by atoms with van der Waals surface area (Å²) in [6.45, 7) is 8.51. The van der Waals surface area contributed by atoms with E-state index in [0.717, 1.165) is 49.7 Å². The summed E-state index contributed by atoms with van der Waals surface area (Å²) >= 11 is 0. The average molecular weight is 274 g/mol. The second-order valence-electron chi connectivity index (χ2n) is 6.20. The number of carbonyl (C=O) groups excluding carboxylic acids is 1. The average Bonchev–Trinajstić information content (AvgIpc) is 2.69. The number of nitrogens with one attached hydrogen (secondary N) is 1. The van der Waals surface area contributed by atoms with Gasteiger partial charge in [0, 0.05) is 31.0 Å². The topological polar surface area (TPSA) is 58.1 Å². The van der Waals surface area contributed by atoms with E-state index < -0.39 is 0 Å². The van der Waals surface area contributed by atoms with Gasteiger partial charge in [-0.05, 0) is 39.7 Å². The summed E-state index contributed by atoms with van der Waals surface area (Å²) < 4.78 is 0. The molecule has 2 aliphatic rings. The van der Waals surface area contributed by atoms with Crippen LogP contribution in [0.3, 0.4) is 0 Å². The van der Waals surface area contributed by atoms with E-state index in [2.05, 4.69) is 22.2 Å². The van der Waals surface area contributed by atoms with Crippen molar-refractivity contribution in [3.8, 4) is 0 Å². The minimum atomic E-state index is -0.344. The van der Waals surface area contributed by atoms with Gasteiger partial charge in [0.05, 0.1) is 11.5 Å². The van der Waals surface area contributed by atoms with Crippen LogP contribution in [-0.2, 0) is 10.3 Å². The minimum Gasteiger partial charge on any atom is -0.330 e. The van der Waals surface area contributed by atoms with E-state index in [1.54, 1.807) is 0 Å². The maximum atomic E-state index is 12.6. The Morgan fingerprint density at radius 2 is 2.00 bits per heavy atom. The highest BCUT2D eigenvalue weighted by atomic mass is 16.2. The van der Waals surface area contributed by atoms with Crippen LogP contribution in [0.1, 0.15) is 37.0 Å². The van der Waals surface area contributed by atoms with Crippen molar-refractivity contribution in [3.63, 3.8) is 0 Å². The Kier molecular flexibility index (Phi) is 3.24. The van der Waals surface area contributed by atoms with Crippen LogP contribution in [0.5, 0.6) is 0 Å².